The number of carbonyl (C=O) groups excluding carboxylic acids is 1. The lowest BCUT2D eigenvalue weighted by molar-refractivity contribution is 0.485. The molecule has 1 rings (SSSR count). The Morgan fingerprint density at radius 2 is 2.55 bits per heavy atom. The minimum atomic E-state index is -0.672. The molecule has 0 aromatic carbocycles. The van der Waals surface area contributed by atoms with Gasteiger partial charge in [0.1, 0.15) is 6.67 Å². The molecule has 0 radical (unpaired) electrons. The fraction of sp³-hybridized carbons (Fsp3) is 0.143. The van der Waals surface area contributed by atoms with Crippen molar-refractivity contribution < 1.29 is 9.18 Å². The third-order valence-corrected chi connectivity index (χ3v) is 1.16. The third kappa shape index (κ3) is 1.69. The van der Waals surface area contributed by atoms with Crippen molar-refractivity contribution in [2.45, 2.75) is 6.67 Å². The average molecular weight is 152 g/mol. The summed E-state index contributed by atoms with van der Waals surface area (Å²) in [7, 11) is 0. The average Bonchev–Trinajstić information content (AvgIpc) is 2.06. The maximum Gasteiger partial charge on any atom is 0.242 e. The van der Waals surface area contributed by atoms with E-state index in [1.54, 1.807) is 6.07 Å². The van der Waals surface area contributed by atoms with Crippen LogP contribution in [0.5, 0.6) is 0 Å². The number of alkyl halides is 1. The van der Waals surface area contributed by atoms with Crippen LogP contribution in [0.1, 0.15) is 5.56 Å². The van der Waals surface area contributed by atoms with Gasteiger partial charge in [-0.1, -0.05) is 6.07 Å². The summed E-state index contributed by atoms with van der Waals surface area (Å²) in [6, 6.07) is 3.10. The number of halogens is 1. The van der Waals surface area contributed by atoms with Crippen LogP contribution in [0.4, 0.5) is 10.2 Å². The Kier molecular flexibility index (Phi) is 2.47. The van der Waals surface area contributed by atoms with E-state index in [4.69, 9.17) is 0 Å². The van der Waals surface area contributed by atoms with Crippen molar-refractivity contribution in [3.05, 3.63) is 23.9 Å². The van der Waals surface area contributed by atoms with Gasteiger partial charge in [0, 0.05) is 11.8 Å². The summed E-state index contributed by atoms with van der Waals surface area (Å²) in [5, 5.41) is 0. The molecule has 1 aromatic rings. The maximum atomic E-state index is 12.1. The molecule has 0 aliphatic carbocycles. The van der Waals surface area contributed by atoms with Crippen molar-refractivity contribution in [1.82, 2.24) is 4.98 Å². The van der Waals surface area contributed by atoms with Crippen LogP contribution in [-0.2, 0) is 11.5 Å². The van der Waals surface area contributed by atoms with Crippen LogP contribution >= 0.6 is 0 Å². The molecule has 0 unspecified atom stereocenters. The summed E-state index contributed by atoms with van der Waals surface area (Å²) >= 11 is 0. The van der Waals surface area contributed by atoms with Gasteiger partial charge < -0.3 is 0 Å². The van der Waals surface area contributed by atoms with Gasteiger partial charge in [0.15, 0.2) is 5.82 Å². The van der Waals surface area contributed by atoms with E-state index in [9.17, 15) is 9.18 Å². The number of aliphatic imine (C=N–C) groups is 1. The van der Waals surface area contributed by atoms with E-state index >= 15 is 0 Å². The number of rotatable bonds is 2. The number of pyridine rings is 1. The van der Waals surface area contributed by atoms with Crippen molar-refractivity contribution >= 4 is 11.9 Å². The predicted molar refractivity (Wildman–Crippen MR) is 36.8 cm³/mol. The first-order chi connectivity index (χ1) is 5.38. The van der Waals surface area contributed by atoms with Crippen LogP contribution in [0, 0.1) is 0 Å². The van der Waals surface area contributed by atoms with E-state index in [-0.39, 0.29) is 5.82 Å². The molecule has 0 atom stereocenters. The molecule has 3 nitrogen and oxygen atoms in total. The predicted octanol–water partition coefficient (Wildman–Crippen LogP) is 1.52. The molecule has 4 heteroatoms. The molecule has 0 aliphatic heterocycles. The highest BCUT2D eigenvalue weighted by atomic mass is 19.1. The molecule has 0 saturated carbocycles. The summed E-state index contributed by atoms with van der Waals surface area (Å²) < 4.78 is 12.1. The molecule has 1 aromatic heterocycles. The molecule has 0 saturated heterocycles. The Labute approximate surface area is 62.6 Å². The molecule has 0 aliphatic rings. The monoisotopic (exact) mass is 152 g/mol. The second-order valence-corrected chi connectivity index (χ2v) is 1.82. The first-order valence-corrected chi connectivity index (χ1v) is 2.96. The minimum absolute atomic E-state index is 0.102. The van der Waals surface area contributed by atoms with E-state index in [0.29, 0.717) is 5.56 Å². The lowest BCUT2D eigenvalue weighted by Crippen LogP contribution is -1.81. The van der Waals surface area contributed by atoms with E-state index in [1.807, 2.05) is 0 Å². The maximum absolute atomic E-state index is 12.1. The Hall–Kier alpha value is -1.54. The van der Waals surface area contributed by atoms with E-state index in [2.05, 4.69) is 9.98 Å². The molecule has 1 heterocycles. The first kappa shape index (κ1) is 7.57. The van der Waals surface area contributed by atoms with E-state index in [0.717, 1.165) is 0 Å². The summed E-state index contributed by atoms with van der Waals surface area (Å²) in [5.41, 5.74) is 0.302. The summed E-state index contributed by atoms with van der Waals surface area (Å²) in [6.45, 7) is -0.672. The SMILES string of the molecule is O=C=Nc1ncccc1CF. The lowest BCUT2D eigenvalue weighted by Gasteiger charge is -1.94. The number of nitrogens with zero attached hydrogens (tertiary/aromatic N) is 2. The zero-order chi connectivity index (χ0) is 8.10. The highest BCUT2D eigenvalue weighted by Gasteiger charge is 1.98. The minimum Gasteiger partial charge on any atom is -0.246 e. The summed E-state index contributed by atoms with van der Waals surface area (Å²) in [6.07, 6.45) is 2.74. The van der Waals surface area contributed by atoms with Gasteiger partial charge >= 0.3 is 0 Å². The van der Waals surface area contributed by atoms with Crippen molar-refractivity contribution in [3.63, 3.8) is 0 Å². The molecule has 0 fully saturated rings. The molecule has 11 heavy (non-hydrogen) atoms. The topological polar surface area (TPSA) is 42.3 Å². The quantitative estimate of drug-likeness (QED) is 0.476. The van der Waals surface area contributed by atoms with Crippen LogP contribution in [-0.4, -0.2) is 11.1 Å². The van der Waals surface area contributed by atoms with Gasteiger partial charge in [0.25, 0.3) is 0 Å². The highest BCUT2D eigenvalue weighted by molar-refractivity contribution is 5.48. The molecule has 0 N–H and O–H groups in total. The smallest absolute Gasteiger partial charge is 0.242 e. The Morgan fingerprint density at radius 3 is 3.18 bits per heavy atom. The van der Waals surface area contributed by atoms with Crippen molar-refractivity contribution in [2.24, 2.45) is 4.99 Å². The van der Waals surface area contributed by atoms with Crippen molar-refractivity contribution in [2.75, 3.05) is 0 Å². The van der Waals surface area contributed by atoms with E-state index in [1.165, 1.54) is 18.3 Å². The Balaban J connectivity index is 3.11. The Morgan fingerprint density at radius 1 is 1.73 bits per heavy atom. The number of hydrogen-bond acceptors (Lipinski definition) is 3. The molecule has 0 spiro atoms. The number of aromatic nitrogens is 1. The van der Waals surface area contributed by atoms with Crippen LogP contribution in [0.2, 0.25) is 0 Å². The van der Waals surface area contributed by atoms with Gasteiger partial charge in [-0.25, -0.2) is 14.2 Å². The zero-order valence-electron chi connectivity index (χ0n) is 5.62. The zero-order valence-corrected chi connectivity index (χ0v) is 5.62. The molecular weight excluding hydrogens is 147 g/mol. The van der Waals surface area contributed by atoms with Crippen molar-refractivity contribution in [1.29, 1.82) is 0 Å². The lowest BCUT2D eigenvalue weighted by atomic mass is 10.3. The van der Waals surface area contributed by atoms with Gasteiger partial charge in [0.05, 0.1) is 0 Å². The van der Waals surface area contributed by atoms with Gasteiger partial charge in [0.2, 0.25) is 6.08 Å². The second-order valence-electron chi connectivity index (χ2n) is 1.82. The highest BCUT2D eigenvalue weighted by Crippen LogP contribution is 2.14. The second kappa shape index (κ2) is 3.58. The van der Waals surface area contributed by atoms with Crippen LogP contribution in [0.25, 0.3) is 0 Å². The van der Waals surface area contributed by atoms with Crippen LogP contribution in [0.3, 0.4) is 0 Å². The normalized spacial score (nSPS) is 8.82. The fourth-order valence-corrected chi connectivity index (χ4v) is 0.678. The number of hydrogen-bond donors (Lipinski definition) is 0. The van der Waals surface area contributed by atoms with Crippen LogP contribution in [0.15, 0.2) is 23.3 Å². The molecule has 56 valence electrons. The summed E-state index contributed by atoms with van der Waals surface area (Å²) in [5.74, 6) is 0.102. The standard InChI is InChI=1S/C7H5FN2O/c8-4-6-2-1-3-9-7(6)10-5-11/h1-3H,4H2. The third-order valence-electron chi connectivity index (χ3n) is 1.16. The Bertz CT molecular complexity index is 294. The van der Waals surface area contributed by atoms with Crippen LogP contribution < -0.4 is 0 Å². The van der Waals surface area contributed by atoms with Crippen molar-refractivity contribution in [3.8, 4) is 0 Å². The molecule has 0 amide bonds. The first-order valence-electron chi connectivity index (χ1n) is 2.96. The largest absolute Gasteiger partial charge is 0.246 e. The van der Waals surface area contributed by atoms with Gasteiger partial charge in [-0.3, -0.25) is 0 Å². The van der Waals surface area contributed by atoms with Gasteiger partial charge in [-0.15, -0.1) is 4.99 Å². The summed E-state index contributed by atoms with van der Waals surface area (Å²) in [4.78, 5) is 16.7. The van der Waals surface area contributed by atoms with Gasteiger partial charge in [-0.2, -0.15) is 0 Å². The fourth-order valence-electron chi connectivity index (χ4n) is 0.678. The van der Waals surface area contributed by atoms with E-state index < -0.39 is 6.67 Å². The molecular formula is C7H5FN2O. The molecule has 0 bridgehead atoms. The number of isocyanates is 1. The van der Waals surface area contributed by atoms with Gasteiger partial charge in [-0.05, 0) is 6.07 Å².